The van der Waals surface area contributed by atoms with Crippen LogP contribution in [0.15, 0.2) is 66.9 Å². The van der Waals surface area contributed by atoms with Crippen molar-refractivity contribution in [3.63, 3.8) is 0 Å². The van der Waals surface area contributed by atoms with Crippen molar-refractivity contribution in [1.29, 1.82) is 0 Å². The summed E-state index contributed by atoms with van der Waals surface area (Å²) in [5.41, 5.74) is 6.34. The van der Waals surface area contributed by atoms with Gasteiger partial charge in [-0.15, -0.1) is 0 Å². The van der Waals surface area contributed by atoms with Crippen LogP contribution in [0.2, 0.25) is 0 Å². The molecular formula is C27H26FN5O. The second-order valence-electron chi connectivity index (χ2n) is 8.75. The average Bonchev–Trinajstić information content (AvgIpc) is 3.22. The number of amides is 1. The number of H-pyrrole nitrogens is 1. The number of pyridine rings is 2. The molecule has 5 rings (SSSR count). The molecule has 0 saturated carbocycles. The number of carbonyl (C=O) groups is 1. The lowest BCUT2D eigenvalue weighted by Gasteiger charge is -2.17. The van der Waals surface area contributed by atoms with Gasteiger partial charge in [-0.3, -0.25) is 14.8 Å². The molecule has 34 heavy (non-hydrogen) atoms. The van der Waals surface area contributed by atoms with Gasteiger partial charge in [-0.25, -0.2) is 4.39 Å². The van der Waals surface area contributed by atoms with Gasteiger partial charge >= 0.3 is 0 Å². The number of aromatic nitrogens is 3. The van der Waals surface area contributed by atoms with Crippen LogP contribution in [0.25, 0.3) is 27.7 Å². The summed E-state index contributed by atoms with van der Waals surface area (Å²) in [6, 6.07) is 13.0. The van der Waals surface area contributed by atoms with Crippen molar-refractivity contribution >= 4 is 22.4 Å². The smallest absolute Gasteiger partial charge is 0.251 e. The lowest BCUT2D eigenvalue weighted by atomic mass is 9.88. The van der Waals surface area contributed by atoms with Crippen molar-refractivity contribution in [2.45, 2.75) is 12.8 Å². The molecule has 1 aromatic carbocycles. The summed E-state index contributed by atoms with van der Waals surface area (Å²) in [7, 11) is 3.92. The largest absolute Gasteiger partial charge is 0.357 e. The van der Waals surface area contributed by atoms with E-state index in [1.54, 1.807) is 30.7 Å². The Morgan fingerprint density at radius 2 is 1.94 bits per heavy atom. The molecule has 0 bridgehead atoms. The van der Waals surface area contributed by atoms with Gasteiger partial charge < -0.3 is 15.2 Å². The van der Waals surface area contributed by atoms with Crippen molar-refractivity contribution in [3.05, 3.63) is 89.3 Å². The van der Waals surface area contributed by atoms with Crippen molar-refractivity contribution in [2.75, 3.05) is 27.2 Å². The van der Waals surface area contributed by atoms with Crippen LogP contribution in [0.5, 0.6) is 0 Å². The SMILES string of the molecule is CN(C)CCNC(=O)c1ccc(C2=C(F)CCc3[nH]c4cnc(-c5cccnc5)cc4c32)cc1. The van der Waals surface area contributed by atoms with Crippen LogP contribution in [-0.2, 0) is 6.42 Å². The number of aromatic amines is 1. The minimum atomic E-state index is -0.142. The maximum atomic E-state index is 15.3. The topological polar surface area (TPSA) is 73.9 Å². The second-order valence-corrected chi connectivity index (χ2v) is 8.75. The van der Waals surface area contributed by atoms with Crippen molar-refractivity contribution in [3.8, 4) is 11.3 Å². The third-order valence-electron chi connectivity index (χ3n) is 6.11. The quantitative estimate of drug-likeness (QED) is 0.446. The molecule has 172 valence electrons. The number of likely N-dealkylation sites (N-methyl/N-ethyl adjacent to an activating group) is 1. The molecule has 1 amide bonds. The van der Waals surface area contributed by atoms with E-state index in [2.05, 4.69) is 20.3 Å². The standard InChI is InChI=1S/C27H26FN5O/c1-33(2)13-12-30-27(34)18-7-5-17(6-8-18)25-21(28)9-10-22-26(25)20-14-23(31-16-24(20)32-22)19-4-3-11-29-15-19/h3-8,11,14-16,32H,9-10,12-13H2,1-2H3,(H,30,34). The summed E-state index contributed by atoms with van der Waals surface area (Å²) in [5.74, 6) is -0.275. The highest BCUT2D eigenvalue weighted by molar-refractivity contribution is 6.01. The van der Waals surface area contributed by atoms with E-state index < -0.39 is 0 Å². The van der Waals surface area contributed by atoms with Gasteiger partial charge in [0.15, 0.2) is 0 Å². The van der Waals surface area contributed by atoms with Crippen LogP contribution in [0.3, 0.4) is 0 Å². The molecule has 0 fully saturated rings. The van der Waals surface area contributed by atoms with Crippen LogP contribution in [-0.4, -0.2) is 52.9 Å². The fraction of sp³-hybridized carbons (Fsp3) is 0.222. The van der Waals surface area contributed by atoms with Gasteiger partial charge in [-0.1, -0.05) is 12.1 Å². The number of nitrogens with zero attached hydrogens (tertiary/aromatic N) is 3. The van der Waals surface area contributed by atoms with Crippen LogP contribution in [0, 0.1) is 0 Å². The molecule has 0 atom stereocenters. The fourth-order valence-corrected chi connectivity index (χ4v) is 4.37. The normalized spacial score (nSPS) is 13.4. The highest BCUT2D eigenvalue weighted by Gasteiger charge is 2.25. The van der Waals surface area contributed by atoms with Crippen LogP contribution >= 0.6 is 0 Å². The number of halogens is 1. The lowest BCUT2D eigenvalue weighted by molar-refractivity contribution is 0.0951. The van der Waals surface area contributed by atoms with E-state index in [-0.39, 0.29) is 11.7 Å². The maximum absolute atomic E-state index is 15.3. The highest BCUT2D eigenvalue weighted by atomic mass is 19.1. The number of hydrogen-bond acceptors (Lipinski definition) is 4. The first kappa shape index (κ1) is 22.0. The number of benzene rings is 1. The number of hydrogen-bond donors (Lipinski definition) is 2. The van der Waals surface area contributed by atoms with E-state index in [0.29, 0.717) is 30.5 Å². The molecule has 0 aliphatic heterocycles. The van der Waals surface area contributed by atoms with E-state index in [1.165, 1.54) is 0 Å². The molecule has 1 aliphatic carbocycles. The van der Waals surface area contributed by atoms with E-state index in [1.807, 2.05) is 49.3 Å². The second kappa shape index (κ2) is 9.19. The Morgan fingerprint density at radius 3 is 2.68 bits per heavy atom. The molecule has 0 radical (unpaired) electrons. The molecule has 7 heteroatoms. The van der Waals surface area contributed by atoms with Gasteiger partial charge in [-0.05, 0) is 56.4 Å². The summed E-state index contributed by atoms with van der Waals surface area (Å²) < 4.78 is 15.3. The molecule has 6 nitrogen and oxygen atoms in total. The van der Waals surface area contributed by atoms with E-state index in [4.69, 9.17) is 0 Å². The van der Waals surface area contributed by atoms with E-state index >= 15 is 4.39 Å². The number of nitrogens with one attached hydrogen (secondary N) is 2. The zero-order chi connectivity index (χ0) is 23.7. The van der Waals surface area contributed by atoms with Crippen LogP contribution < -0.4 is 5.32 Å². The number of carbonyl (C=O) groups excluding carboxylic acids is 1. The third kappa shape index (κ3) is 4.22. The van der Waals surface area contributed by atoms with Crippen LogP contribution in [0.4, 0.5) is 4.39 Å². The number of fused-ring (bicyclic) bond motifs is 3. The lowest BCUT2D eigenvalue weighted by Crippen LogP contribution is -2.31. The Morgan fingerprint density at radius 1 is 1.12 bits per heavy atom. The first-order valence-corrected chi connectivity index (χ1v) is 11.3. The molecule has 0 spiro atoms. The molecular weight excluding hydrogens is 429 g/mol. The van der Waals surface area contributed by atoms with Gasteiger partial charge in [0.05, 0.1) is 17.4 Å². The maximum Gasteiger partial charge on any atom is 0.251 e. The van der Waals surface area contributed by atoms with Gasteiger partial charge in [-0.2, -0.15) is 0 Å². The molecule has 1 aliphatic rings. The Hall–Kier alpha value is -3.84. The highest BCUT2D eigenvalue weighted by Crippen LogP contribution is 2.41. The monoisotopic (exact) mass is 455 g/mol. The van der Waals surface area contributed by atoms with Gasteiger partial charge in [0.2, 0.25) is 0 Å². The Kier molecular flexibility index (Phi) is 5.94. The minimum Gasteiger partial charge on any atom is -0.357 e. The zero-order valence-electron chi connectivity index (χ0n) is 19.2. The summed E-state index contributed by atoms with van der Waals surface area (Å²) in [5, 5.41) is 3.84. The van der Waals surface area contributed by atoms with Crippen molar-refractivity contribution in [1.82, 2.24) is 25.2 Å². The summed E-state index contributed by atoms with van der Waals surface area (Å²) in [6.45, 7) is 1.33. The predicted octanol–water partition coefficient (Wildman–Crippen LogP) is 4.59. The molecule has 3 heterocycles. The summed E-state index contributed by atoms with van der Waals surface area (Å²) in [4.78, 5) is 26.7. The van der Waals surface area contributed by atoms with Crippen molar-refractivity contribution < 1.29 is 9.18 Å². The fourth-order valence-electron chi connectivity index (χ4n) is 4.37. The molecule has 0 saturated heterocycles. The van der Waals surface area contributed by atoms with Gasteiger partial charge in [0, 0.05) is 65.2 Å². The average molecular weight is 456 g/mol. The molecule has 3 aromatic heterocycles. The molecule has 4 aromatic rings. The Labute approximate surface area is 197 Å². The molecule has 2 N–H and O–H groups in total. The Balaban J connectivity index is 1.50. The van der Waals surface area contributed by atoms with Crippen LogP contribution in [0.1, 0.15) is 33.6 Å². The summed E-state index contributed by atoms with van der Waals surface area (Å²) >= 11 is 0. The van der Waals surface area contributed by atoms with Gasteiger partial charge in [0.1, 0.15) is 5.83 Å². The number of rotatable bonds is 6. The third-order valence-corrected chi connectivity index (χ3v) is 6.11. The first-order valence-electron chi connectivity index (χ1n) is 11.3. The van der Waals surface area contributed by atoms with Crippen molar-refractivity contribution in [2.24, 2.45) is 0 Å². The minimum absolute atomic E-state index is 0.133. The predicted molar refractivity (Wildman–Crippen MR) is 132 cm³/mol. The number of aryl methyl sites for hydroxylation is 1. The van der Waals surface area contributed by atoms with E-state index in [9.17, 15) is 4.79 Å². The summed E-state index contributed by atoms with van der Waals surface area (Å²) in [6.07, 6.45) is 6.24. The first-order chi connectivity index (χ1) is 16.5. The zero-order valence-corrected chi connectivity index (χ0v) is 19.2. The number of allylic oxidation sites excluding steroid dienone is 1. The van der Waals surface area contributed by atoms with Gasteiger partial charge in [0.25, 0.3) is 5.91 Å². The molecule has 0 unspecified atom stereocenters. The Bertz CT molecular complexity index is 1370. The van der Waals surface area contributed by atoms with E-state index in [0.717, 1.165) is 45.5 Å².